The molecule has 0 spiro atoms. The summed E-state index contributed by atoms with van der Waals surface area (Å²) in [5.41, 5.74) is 0.153. The second-order valence-corrected chi connectivity index (χ2v) is 14.1. The molecular formula is C37H49N3O6. The van der Waals surface area contributed by atoms with Crippen LogP contribution < -0.4 is 10.6 Å². The Labute approximate surface area is 273 Å². The van der Waals surface area contributed by atoms with E-state index < -0.39 is 53.2 Å². The molecule has 2 aromatic carbocycles. The highest BCUT2D eigenvalue weighted by Gasteiger charge is 2.44. The van der Waals surface area contributed by atoms with Gasteiger partial charge in [-0.1, -0.05) is 68.3 Å². The summed E-state index contributed by atoms with van der Waals surface area (Å²) in [6.07, 6.45) is 7.57. The van der Waals surface area contributed by atoms with Gasteiger partial charge in [0, 0.05) is 18.0 Å². The van der Waals surface area contributed by atoms with E-state index in [0.717, 1.165) is 12.0 Å². The Kier molecular flexibility index (Phi) is 12.0. The van der Waals surface area contributed by atoms with Gasteiger partial charge in [-0.05, 0) is 83.9 Å². The molecule has 3 amide bonds. The molecule has 0 radical (unpaired) electrons. The third-order valence-electron chi connectivity index (χ3n) is 7.56. The van der Waals surface area contributed by atoms with Gasteiger partial charge in [0.2, 0.25) is 11.8 Å². The zero-order valence-electron chi connectivity index (χ0n) is 28.4. The summed E-state index contributed by atoms with van der Waals surface area (Å²) in [4.78, 5) is 57.1. The van der Waals surface area contributed by atoms with Crippen molar-refractivity contribution >= 4 is 23.9 Å². The number of hydrogen-bond acceptors (Lipinski definition) is 6. The minimum Gasteiger partial charge on any atom is -0.458 e. The molecule has 0 aliphatic heterocycles. The number of hydrogen-bond donors (Lipinski definition) is 2. The van der Waals surface area contributed by atoms with Gasteiger partial charge in [-0.3, -0.25) is 9.59 Å². The lowest BCUT2D eigenvalue weighted by molar-refractivity contribution is -0.159. The molecular weight excluding hydrogens is 582 g/mol. The van der Waals surface area contributed by atoms with Crippen LogP contribution in [0.15, 0.2) is 54.6 Å². The van der Waals surface area contributed by atoms with Crippen LogP contribution in [0.5, 0.6) is 0 Å². The van der Waals surface area contributed by atoms with Crippen LogP contribution in [-0.2, 0) is 30.3 Å². The van der Waals surface area contributed by atoms with E-state index in [1.165, 1.54) is 0 Å². The monoisotopic (exact) mass is 631 g/mol. The lowest BCUT2D eigenvalue weighted by Gasteiger charge is -2.44. The standard InChI is InChI=1S/C37H49N3O6/c1-10-26-19-14-15-22-28(26)31(32(41)38-29(34(43)45-36(4,5)6)23-25-17-12-11-13-18-25)40(27-20-16-21-27)33(42)30(24(2)3)39-35(44)46-37(7,8)9/h1,11-15,17-19,22,24,27,29-31H,16,20-21,23H2,2-9H3,(H,38,41)(H,39,44). The van der Waals surface area contributed by atoms with Gasteiger partial charge in [0.25, 0.3) is 0 Å². The fourth-order valence-electron chi connectivity index (χ4n) is 5.24. The predicted molar refractivity (Wildman–Crippen MR) is 178 cm³/mol. The van der Waals surface area contributed by atoms with E-state index in [9.17, 15) is 19.2 Å². The molecule has 9 heteroatoms. The molecule has 248 valence electrons. The number of alkyl carbamates (subject to hydrolysis) is 1. The average Bonchev–Trinajstić information content (AvgIpc) is 2.92. The van der Waals surface area contributed by atoms with E-state index in [1.54, 1.807) is 70.7 Å². The minimum atomic E-state index is -1.19. The minimum absolute atomic E-state index is 0.178. The molecule has 1 aliphatic carbocycles. The number of nitrogens with zero attached hydrogens (tertiary/aromatic N) is 1. The third-order valence-corrected chi connectivity index (χ3v) is 7.56. The van der Waals surface area contributed by atoms with Crippen molar-refractivity contribution in [3.05, 3.63) is 71.3 Å². The van der Waals surface area contributed by atoms with Crippen molar-refractivity contribution in [2.24, 2.45) is 5.92 Å². The Hall–Kier alpha value is -4.32. The summed E-state index contributed by atoms with van der Waals surface area (Å²) in [5.74, 6) is 0.720. The van der Waals surface area contributed by atoms with Gasteiger partial charge in [-0.2, -0.15) is 0 Å². The number of carbonyl (C=O) groups excluding carboxylic acids is 4. The molecule has 3 unspecified atom stereocenters. The van der Waals surface area contributed by atoms with Crippen LogP contribution in [0, 0.1) is 18.3 Å². The Morgan fingerprint density at radius 2 is 1.48 bits per heavy atom. The highest BCUT2D eigenvalue weighted by molar-refractivity contribution is 5.94. The summed E-state index contributed by atoms with van der Waals surface area (Å²) < 4.78 is 11.2. The number of esters is 1. The molecule has 0 aromatic heterocycles. The Balaban J connectivity index is 2.10. The van der Waals surface area contributed by atoms with E-state index in [4.69, 9.17) is 15.9 Å². The average molecular weight is 632 g/mol. The van der Waals surface area contributed by atoms with Crippen molar-refractivity contribution < 1.29 is 28.7 Å². The maximum atomic E-state index is 14.6. The topological polar surface area (TPSA) is 114 Å². The second-order valence-electron chi connectivity index (χ2n) is 14.1. The van der Waals surface area contributed by atoms with Crippen molar-refractivity contribution in [3.63, 3.8) is 0 Å². The number of terminal acetylenes is 1. The maximum Gasteiger partial charge on any atom is 0.408 e. The number of ether oxygens (including phenoxy) is 2. The largest absolute Gasteiger partial charge is 0.458 e. The van der Waals surface area contributed by atoms with E-state index in [2.05, 4.69) is 16.6 Å². The Morgan fingerprint density at radius 1 is 0.891 bits per heavy atom. The molecule has 2 N–H and O–H groups in total. The van der Waals surface area contributed by atoms with E-state index in [1.807, 2.05) is 44.2 Å². The maximum absolute atomic E-state index is 14.6. The first-order valence-electron chi connectivity index (χ1n) is 15.9. The number of amides is 3. The molecule has 1 aliphatic rings. The summed E-state index contributed by atoms with van der Waals surface area (Å²) in [5, 5.41) is 5.68. The first-order valence-corrected chi connectivity index (χ1v) is 15.9. The highest BCUT2D eigenvalue weighted by atomic mass is 16.6. The van der Waals surface area contributed by atoms with E-state index in [-0.39, 0.29) is 18.4 Å². The van der Waals surface area contributed by atoms with Crippen molar-refractivity contribution in [3.8, 4) is 12.3 Å². The summed E-state index contributed by atoms with van der Waals surface area (Å²) in [6, 6.07) is 12.8. The molecule has 1 fully saturated rings. The molecule has 0 heterocycles. The zero-order chi connectivity index (χ0) is 34.2. The Bertz CT molecular complexity index is 1410. The molecule has 46 heavy (non-hydrogen) atoms. The molecule has 1 saturated carbocycles. The van der Waals surface area contributed by atoms with Gasteiger partial charge in [-0.25, -0.2) is 9.59 Å². The summed E-state index contributed by atoms with van der Waals surface area (Å²) in [6.45, 7) is 14.2. The zero-order valence-corrected chi connectivity index (χ0v) is 28.4. The van der Waals surface area contributed by atoms with Crippen molar-refractivity contribution in [2.75, 3.05) is 0 Å². The van der Waals surface area contributed by atoms with Gasteiger partial charge in [0.1, 0.15) is 29.3 Å². The third kappa shape index (κ3) is 10.1. The van der Waals surface area contributed by atoms with Gasteiger partial charge >= 0.3 is 12.1 Å². The van der Waals surface area contributed by atoms with E-state index in [0.29, 0.717) is 24.0 Å². The first kappa shape index (κ1) is 36.2. The van der Waals surface area contributed by atoms with Crippen LogP contribution in [0.2, 0.25) is 0 Å². The second kappa shape index (κ2) is 15.3. The van der Waals surface area contributed by atoms with Crippen LogP contribution in [0.3, 0.4) is 0 Å². The van der Waals surface area contributed by atoms with Crippen LogP contribution >= 0.6 is 0 Å². The van der Waals surface area contributed by atoms with Gasteiger partial charge in [0.05, 0.1) is 0 Å². The summed E-state index contributed by atoms with van der Waals surface area (Å²) in [7, 11) is 0. The Morgan fingerprint density at radius 3 is 2.00 bits per heavy atom. The fraction of sp³-hybridized carbons (Fsp3) is 0.514. The fourth-order valence-corrected chi connectivity index (χ4v) is 5.24. The van der Waals surface area contributed by atoms with Crippen LogP contribution in [0.4, 0.5) is 4.79 Å². The first-order chi connectivity index (χ1) is 21.5. The molecule has 0 bridgehead atoms. The lowest BCUT2D eigenvalue weighted by Crippen LogP contribution is -2.59. The van der Waals surface area contributed by atoms with Crippen LogP contribution in [0.1, 0.15) is 97.4 Å². The van der Waals surface area contributed by atoms with Crippen molar-refractivity contribution in [1.82, 2.24) is 15.5 Å². The number of rotatable bonds is 11. The van der Waals surface area contributed by atoms with Gasteiger partial charge in [0.15, 0.2) is 0 Å². The predicted octanol–water partition coefficient (Wildman–Crippen LogP) is 5.71. The quantitative estimate of drug-likeness (QED) is 0.243. The van der Waals surface area contributed by atoms with Crippen molar-refractivity contribution in [2.45, 2.75) is 116 Å². The smallest absolute Gasteiger partial charge is 0.408 e. The van der Waals surface area contributed by atoms with Crippen molar-refractivity contribution in [1.29, 1.82) is 0 Å². The molecule has 0 saturated heterocycles. The van der Waals surface area contributed by atoms with Crippen LogP contribution in [0.25, 0.3) is 0 Å². The highest BCUT2D eigenvalue weighted by Crippen LogP contribution is 2.35. The lowest BCUT2D eigenvalue weighted by atomic mass is 9.86. The number of nitrogens with one attached hydrogen (secondary N) is 2. The normalized spacial score (nSPS) is 15.4. The SMILES string of the molecule is C#Cc1ccccc1C(C(=O)NC(Cc1ccccc1)C(=O)OC(C)(C)C)N(C(=O)C(NC(=O)OC(C)(C)C)C(C)C)C1CCC1. The van der Waals surface area contributed by atoms with Gasteiger partial charge in [-0.15, -0.1) is 6.42 Å². The van der Waals surface area contributed by atoms with E-state index >= 15 is 0 Å². The molecule has 2 aromatic rings. The number of benzene rings is 2. The molecule has 9 nitrogen and oxygen atoms in total. The van der Waals surface area contributed by atoms with Gasteiger partial charge < -0.3 is 25.0 Å². The molecule has 3 rings (SSSR count). The van der Waals surface area contributed by atoms with Crippen LogP contribution in [-0.4, -0.2) is 58.1 Å². The number of carbonyl (C=O) groups is 4. The molecule has 3 atom stereocenters. The summed E-state index contributed by atoms with van der Waals surface area (Å²) >= 11 is 0.